The van der Waals surface area contributed by atoms with Gasteiger partial charge >= 0.3 is 6.09 Å². The van der Waals surface area contributed by atoms with Gasteiger partial charge in [-0.3, -0.25) is 4.68 Å². The number of hydrogen-bond donors (Lipinski definition) is 0. The van der Waals surface area contributed by atoms with Gasteiger partial charge < -0.3 is 14.4 Å². The summed E-state index contributed by atoms with van der Waals surface area (Å²) in [6.07, 6.45) is 8.07. The first-order valence-electron chi connectivity index (χ1n) is 10.4. The SMILES string of the molecule is Cn1cc(-c2cn3ncc(I)c3c(O[C@@H]3C[C@@H]4CN(C(=O)OC(C)(C)C)C[C@@H]43)n2)cn1. The predicted molar refractivity (Wildman–Crippen MR) is 122 cm³/mol. The van der Waals surface area contributed by atoms with Crippen LogP contribution in [0.2, 0.25) is 0 Å². The van der Waals surface area contributed by atoms with Gasteiger partial charge in [-0.2, -0.15) is 10.2 Å². The summed E-state index contributed by atoms with van der Waals surface area (Å²) < 4.78 is 16.5. The van der Waals surface area contributed by atoms with Gasteiger partial charge in [0.15, 0.2) is 0 Å². The van der Waals surface area contributed by atoms with E-state index in [1.54, 1.807) is 17.1 Å². The minimum absolute atomic E-state index is 0.0172. The molecule has 1 saturated carbocycles. The first kappa shape index (κ1) is 20.5. The highest BCUT2D eigenvalue weighted by Crippen LogP contribution is 2.44. The number of ether oxygens (including phenoxy) is 2. The highest BCUT2D eigenvalue weighted by atomic mass is 127. The van der Waals surface area contributed by atoms with Crippen LogP contribution in [0.25, 0.3) is 16.8 Å². The molecule has 164 valence electrons. The molecule has 0 radical (unpaired) electrons. The maximum atomic E-state index is 12.5. The Morgan fingerprint density at radius 1 is 1.19 bits per heavy atom. The summed E-state index contributed by atoms with van der Waals surface area (Å²) in [5.74, 6) is 1.30. The van der Waals surface area contributed by atoms with E-state index in [2.05, 4.69) is 32.8 Å². The fourth-order valence-corrected chi connectivity index (χ4v) is 4.92. The summed E-state index contributed by atoms with van der Waals surface area (Å²) in [7, 11) is 1.88. The van der Waals surface area contributed by atoms with Gasteiger partial charge in [0.2, 0.25) is 5.88 Å². The Balaban J connectivity index is 1.37. The molecule has 0 unspecified atom stereocenters. The van der Waals surface area contributed by atoms with Crippen molar-refractivity contribution < 1.29 is 14.3 Å². The molecular formula is C21H25IN6O3. The van der Waals surface area contributed by atoms with E-state index in [-0.39, 0.29) is 18.1 Å². The lowest BCUT2D eigenvalue weighted by Crippen LogP contribution is -2.44. The smallest absolute Gasteiger partial charge is 0.410 e. The lowest BCUT2D eigenvalue weighted by Gasteiger charge is -2.38. The molecule has 3 atom stereocenters. The van der Waals surface area contributed by atoms with E-state index in [9.17, 15) is 4.79 Å². The molecule has 10 heteroatoms. The Labute approximate surface area is 193 Å². The number of rotatable bonds is 3. The van der Waals surface area contributed by atoms with Crippen LogP contribution in [0.15, 0.2) is 24.8 Å². The van der Waals surface area contributed by atoms with Crippen LogP contribution < -0.4 is 4.74 Å². The first-order chi connectivity index (χ1) is 14.7. The number of likely N-dealkylation sites (tertiary alicyclic amines) is 1. The molecule has 2 fully saturated rings. The lowest BCUT2D eigenvalue weighted by molar-refractivity contribution is 0.0135. The average molecular weight is 536 g/mol. The highest BCUT2D eigenvalue weighted by molar-refractivity contribution is 14.1. The van der Waals surface area contributed by atoms with Gasteiger partial charge in [-0.1, -0.05) is 0 Å². The van der Waals surface area contributed by atoms with Crippen LogP contribution in [-0.2, 0) is 11.8 Å². The second kappa shape index (κ2) is 7.35. The minimum Gasteiger partial charge on any atom is -0.472 e. The second-order valence-corrected chi connectivity index (χ2v) is 10.5. The largest absolute Gasteiger partial charge is 0.472 e. The maximum absolute atomic E-state index is 12.5. The molecule has 0 aromatic carbocycles. The fraction of sp³-hybridized carbons (Fsp3) is 0.524. The first-order valence-corrected chi connectivity index (χ1v) is 11.4. The zero-order valence-corrected chi connectivity index (χ0v) is 20.1. The average Bonchev–Trinajstić information content (AvgIpc) is 3.36. The van der Waals surface area contributed by atoms with E-state index in [0.29, 0.717) is 18.3 Å². The second-order valence-electron chi connectivity index (χ2n) is 9.32. The number of carbonyl (C=O) groups is 1. The van der Waals surface area contributed by atoms with Gasteiger partial charge in [0.05, 0.1) is 27.9 Å². The molecule has 2 aliphatic rings. The normalized spacial score (nSPS) is 23.0. The zero-order chi connectivity index (χ0) is 21.9. The summed E-state index contributed by atoms with van der Waals surface area (Å²) >= 11 is 2.25. The Kier molecular flexibility index (Phi) is 4.87. The molecule has 3 aromatic rings. The molecule has 9 nitrogen and oxygen atoms in total. The summed E-state index contributed by atoms with van der Waals surface area (Å²) in [6.45, 7) is 7.05. The van der Waals surface area contributed by atoms with E-state index in [1.807, 2.05) is 49.6 Å². The molecule has 0 spiro atoms. The third-order valence-electron chi connectivity index (χ3n) is 5.84. The van der Waals surface area contributed by atoms with Gasteiger partial charge in [0, 0.05) is 37.8 Å². The molecule has 4 heterocycles. The maximum Gasteiger partial charge on any atom is 0.410 e. The van der Waals surface area contributed by atoms with Crippen molar-refractivity contribution in [2.75, 3.05) is 13.1 Å². The summed E-state index contributed by atoms with van der Waals surface area (Å²) in [6, 6.07) is 0. The monoisotopic (exact) mass is 536 g/mol. The number of halogens is 1. The van der Waals surface area contributed by atoms with Gasteiger partial charge in [-0.25, -0.2) is 14.3 Å². The van der Waals surface area contributed by atoms with Crippen molar-refractivity contribution in [2.24, 2.45) is 18.9 Å². The van der Waals surface area contributed by atoms with Gasteiger partial charge in [0.25, 0.3) is 0 Å². The van der Waals surface area contributed by atoms with Crippen molar-refractivity contribution in [3.05, 3.63) is 28.4 Å². The van der Waals surface area contributed by atoms with Crippen LogP contribution in [0, 0.1) is 15.4 Å². The van der Waals surface area contributed by atoms with E-state index >= 15 is 0 Å². The quantitative estimate of drug-likeness (QED) is 0.478. The Hall–Kier alpha value is -2.37. The number of hydrogen-bond acceptors (Lipinski definition) is 6. The van der Waals surface area contributed by atoms with E-state index in [0.717, 1.165) is 33.3 Å². The Morgan fingerprint density at radius 2 is 2.00 bits per heavy atom. The third-order valence-corrected chi connectivity index (χ3v) is 6.63. The summed E-state index contributed by atoms with van der Waals surface area (Å²) in [4.78, 5) is 19.1. The Bertz CT molecular complexity index is 1150. The molecule has 1 amide bonds. The number of nitrogens with zero attached hydrogens (tertiary/aromatic N) is 6. The van der Waals surface area contributed by atoms with Crippen molar-refractivity contribution in [3.63, 3.8) is 0 Å². The van der Waals surface area contributed by atoms with Crippen LogP contribution in [0.1, 0.15) is 27.2 Å². The zero-order valence-electron chi connectivity index (χ0n) is 17.9. The van der Waals surface area contributed by atoms with E-state index in [1.165, 1.54) is 0 Å². The minimum atomic E-state index is -0.490. The van der Waals surface area contributed by atoms with Gasteiger partial charge in [-0.05, 0) is 55.7 Å². The van der Waals surface area contributed by atoms with Crippen molar-refractivity contribution >= 4 is 34.2 Å². The number of aryl methyl sites for hydroxylation is 1. The molecule has 5 rings (SSSR count). The van der Waals surface area contributed by atoms with Crippen molar-refractivity contribution in [3.8, 4) is 17.1 Å². The molecule has 31 heavy (non-hydrogen) atoms. The molecular weight excluding hydrogens is 511 g/mol. The molecule has 1 aliphatic carbocycles. The standard InChI is InChI=1S/C21H25IN6O3/c1-21(2,3)31-20(29)27-9-12-5-17(14(12)10-27)30-19-18-15(22)7-24-28(18)11-16(25-19)13-6-23-26(4)8-13/h6-8,11-12,14,17H,5,9-10H2,1-4H3/t12-,14+,17-/m1/s1. The van der Waals surface area contributed by atoms with Crippen LogP contribution in [0.4, 0.5) is 4.79 Å². The number of fused-ring (bicyclic) bond motifs is 2. The van der Waals surface area contributed by atoms with Gasteiger partial charge in [-0.15, -0.1) is 0 Å². The number of aromatic nitrogens is 5. The van der Waals surface area contributed by atoms with Crippen molar-refractivity contribution in [1.29, 1.82) is 0 Å². The fourth-order valence-electron chi connectivity index (χ4n) is 4.32. The summed E-state index contributed by atoms with van der Waals surface area (Å²) in [5.41, 5.74) is 2.03. The highest BCUT2D eigenvalue weighted by Gasteiger charge is 2.50. The predicted octanol–water partition coefficient (Wildman–Crippen LogP) is 3.37. The van der Waals surface area contributed by atoms with Crippen molar-refractivity contribution in [1.82, 2.24) is 29.3 Å². The molecule has 3 aromatic heterocycles. The molecule has 1 aliphatic heterocycles. The topological polar surface area (TPSA) is 86.8 Å². The number of carbonyl (C=O) groups excluding carboxylic acids is 1. The summed E-state index contributed by atoms with van der Waals surface area (Å²) in [5, 5.41) is 8.70. The van der Waals surface area contributed by atoms with Crippen LogP contribution in [-0.4, -0.2) is 60.2 Å². The van der Waals surface area contributed by atoms with Crippen LogP contribution in [0.3, 0.4) is 0 Å². The number of amides is 1. The van der Waals surface area contributed by atoms with Crippen LogP contribution >= 0.6 is 22.6 Å². The van der Waals surface area contributed by atoms with E-state index < -0.39 is 5.60 Å². The van der Waals surface area contributed by atoms with E-state index in [4.69, 9.17) is 14.5 Å². The molecule has 1 saturated heterocycles. The van der Waals surface area contributed by atoms with Crippen LogP contribution in [0.5, 0.6) is 5.88 Å². The molecule has 0 N–H and O–H groups in total. The molecule has 0 bridgehead atoms. The van der Waals surface area contributed by atoms with Gasteiger partial charge in [0.1, 0.15) is 17.2 Å². The lowest BCUT2D eigenvalue weighted by atomic mass is 9.73. The third kappa shape index (κ3) is 3.85. The Morgan fingerprint density at radius 3 is 2.71 bits per heavy atom. The van der Waals surface area contributed by atoms with Crippen molar-refractivity contribution in [2.45, 2.75) is 38.9 Å².